The molecule has 3 amide bonds. The summed E-state index contributed by atoms with van der Waals surface area (Å²) in [6.45, 7) is 2.10. The molecule has 1 spiro atoms. The molecule has 2 fully saturated rings. The SMILES string of the molecule is Cc1cccc2c1NC(=O)[C@@]21N[C@H](CCC(=O)O)[C@H]2C(=O)N(CCc3ccccc3)C(=O)[C@@H]21. The highest BCUT2D eigenvalue weighted by atomic mass is 16.4. The van der Waals surface area contributed by atoms with Crippen LogP contribution in [-0.4, -0.2) is 46.3 Å². The Morgan fingerprint density at radius 2 is 1.82 bits per heavy atom. The summed E-state index contributed by atoms with van der Waals surface area (Å²) < 4.78 is 0. The summed E-state index contributed by atoms with van der Waals surface area (Å²) in [6.07, 6.45) is 0.503. The summed E-state index contributed by atoms with van der Waals surface area (Å²) in [5.41, 5.74) is 1.78. The van der Waals surface area contributed by atoms with Gasteiger partial charge in [-0.25, -0.2) is 0 Å². The summed E-state index contributed by atoms with van der Waals surface area (Å²) in [4.78, 5) is 53.1. The molecular formula is C25H25N3O5. The van der Waals surface area contributed by atoms with Crippen LogP contribution in [0.15, 0.2) is 48.5 Å². The minimum atomic E-state index is -1.39. The Morgan fingerprint density at radius 3 is 2.55 bits per heavy atom. The summed E-state index contributed by atoms with van der Waals surface area (Å²) in [7, 11) is 0. The molecule has 33 heavy (non-hydrogen) atoms. The minimum absolute atomic E-state index is 0.151. The van der Waals surface area contributed by atoms with Crippen molar-refractivity contribution in [2.24, 2.45) is 11.8 Å². The third-order valence-electron chi connectivity index (χ3n) is 7.19. The van der Waals surface area contributed by atoms with Crippen LogP contribution in [0.1, 0.15) is 29.5 Å². The number of fused-ring (bicyclic) bond motifs is 4. The summed E-state index contributed by atoms with van der Waals surface area (Å²) in [6, 6.07) is 14.5. The molecule has 0 saturated carbocycles. The molecule has 5 rings (SSSR count). The van der Waals surface area contributed by atoms with E-state index in [-0.39, 0.29) is 37.1 Å². The quantitative estimate of drug-likeness (QED) is 0.582. The number of aliphatic carboxylic acids is 1. The number of carbonyl (C=O) groups excluding carboxylic acids is 3. The van der Waals surface area contributed by atoms with E-state index < -0.39 is 29.4 Å². The predicted molar refractivity (Wildman–Crippen MR) is 119 cm³/mol. The number of anilines is 1. The van der Waals surface area contributed by atoms with Crippen molar-refractivity contribution in [3.05, 3.63) is 65.2 Å². The third kappa shape index (κ3) is 3.16. The molecule has 8 nitrogen and oxygen atoms in total. The molecule has 4 atom stereocenters. The lowest BCUT2D eigenvalue weighted by atomic mass is 9.76. The van der Waals surface area contributed by atoms with Crippen LogP contribution in [0.2, 0.25) is 0 Å². The van der Waals surface area contributed by atoms with Crippen molar-refractivity contribution in [2.75, 3.05) is 11.9 Å². The van der Waals surface area contributed by atoms with E-state index in [2.05, 4.69) is 10.6 Å². The zero-order valence-electron chi connectivity index (χ0n) is 18.2. The molecule has 3 aliphatic rings. The Hall–Kier alpha value is -3.52. The topological polar surface area (TPSA) is 116 Å². The largest absolute Gasteiger partial charge is 0.481 e. The van der Waals surface area contributed by atoms with Gasteiger partial charge in [-0.3, -0.25) is 29.4 Å². The Morgan fingerprint density at radius 1 is 1.06 bits per heavy atom. The monoisotopic (exact) mass is 447 g/mol. The van der Waals surface area contributed by atoms with Crippen LogP contribution in [0.5, 0.6) is 0 Å². The molecule has 2 saturated heterocycles. The van der Waals surface area contributed by atoms with Gasteiger partial charge in [0.1, 0.15) is 5.54 Å². The number of rotatable bonds is 6. The molecule has 2 aromatic rings. The van der Waals surface area contributed by atoms with Crippen LogP contribution in [0.25, 0.3) is 0 Å². The number of benzene rings is 2. The Kier molecular flexibility index (Phi) is 5.05. The number of para-hydroxylation sites is 1. The van der Waals surface area contributed by atoms with Gasteiger partial charge in [0, 0.05) is 30.3 Å². The predicted octanol–water partition coefficient (Wildman–Crippen LogP) is 1.82. The zero-order chi connectivity index (χ0) is 23.3. The molecule has 2 aromatic carbocycles. The number of carboxylic acid groups (broad SMARTS) is 1. The molecule has 0 aliphatic carbocycles. The highest BCUT2D eigenvalue weighted by molar-refractivity contribution is 6.15. The van der Waals surface area contributed by atoms with Crippen LogP contribution < -0.4 is 10.6 Å². The fraction of sp³-hybridized carbons (Fsp3) is 0.360. The van der Waals surface area contributed by atoms with Gasteiger partial charge in [0.2, 0.25) is 17.7 Å². The number of hydrogen-bond donors (Lipinski definition) is 3. The van der Waals surface area contributed by atoms with Crippen molar-refractivity contribution in [2.45, 2.75) is 37.8 Å². The average molecular weight is 447 g/mol. The molecule has 3 N–H and O–H groups in total. The number of nitrogens with zero attached hydrogens (tertiary/aromatic N) is 1. The van der Waals surface area contributed by atoms with Gasteiger partial charge >= 0.3 is 5.97 Å². The van der Waals surface area contributed by atoms with Crippen molar-refractivity contribution in [3.63, 3.8) is 0 Å². The van der Waals surface area contributed by atoms with Crippen molar-refractivity contribution < 1.29 is 24.3 Å². The van der Waals surface area contributed by atoms with Crippen LogP contribution in [0.3, 0.4) is 0 Å². The minimum Gasteiger partial charge on any atom is -0.481 e. The molecule has 0 bridgehead atoms. The first kappa shape index (κ1) is 21.3. The van der Waals surface area contributed by atoms with Gasteiger partial charge in [-0.2, -0.15) is 0 Å². The van der Waals surface area contributed by atoms with Gasteiger partial charge in [0.25, 0.3) is 0 Å². The van der Waals surface area contributed by atoms with Gasteiger partial charge in [0.05, 0.1) is 11.8 Å². The van der Waals surface area contributed by atoms with E-state index in [1.54, 1.807) is 6.07 Å². The summed E-state index contributed by atoms with van der Waals surface area (Å²) in [5, 5.41) is 15.4. The first-order valence-electron chi connectivity index (χ1n) is 11.1. The fourth-order valence-electron chi connectivity index (χ4n) is 5.67. The van der Waals surface area contributed by atoms with Crippen molar-refractivity contribution in [1.82, 2.24) is 10.2 Å². The lowest BCUT2D eigenvalue weighted by molar-refractivity contribution is -0.143. The van der Waals surface area contributed by atoms with E-state index in [0.29, 0.717) is 17.7 Å². The van der Waals surface area contributed by atoms with Gasteiger partial charge in [-0.1, -0.05) is 48.5 Å². The summed E-state index contributed by atoms with van der Waals surface area (Å²) in [5.74, 6) is -3.78. The molecule has 3 heterocycles. The van der Waals surface area contributed by atoms with Crippen LogP contribution in [0.4, 0.5) is 5.69 Å². The number of nitrogens with one attached hydrogen (secondary N) is 2. The van der Waals surface area contributed by atoms with E-state index in [9.17, 15) is 24.3 Å². The molecule has 8 heteroatoms. The first-order valence-corrected chi connectivity index (χ1v) is 11.1. The molecule has 3 aliphatic heterocycles. The smallest absolute Gasteiger partial charge is 0.303 e. The van der Waals surface area contributed by atoms with Gasteiger partial charge in [0.15, 0.2) is 0 Å². The zero-order valence-corrected chi connectivity index (χ0v) is 18.2. The number of aryl methyl sites for hydroxylation is 1. The van der Waals surface area contributed by atoms with Crippen molar-refractivity contribution in [3.8, 4) is 0 Å². The number of carboxylic acids is 1. The maximum absolute atomic E-state index is 13.7. The molecular weight excluding hydrogens is 422 g/mol. The van der Waals surface area contributed by atoms with E-state index >= 15 is 0 Å². The number of imide groups is 1. The van der Waals surface area contributed by atoms with Gasteiger partial charge < -0.3 is 10.4 Å². The van der Waals surface area contributed by atoms with Crippen LogP contribution >= 0.6 is 0 Å². The standard InChI is InChI=1S/C25H25N3O5/c1-14-6-5-9-16-21(14)26-24(33)25(16)20-19(17(27-25)10-11-18(29)30)22(31)28(23(20)32)13-12-15-7-3-2-4-8-15/h2-9,17,19-20,27H,10-13H2,1H3,(H,26,33)(H,29,30)/t17-,19-,20-,25-/m1/s1. The van der Waals surface area contributed by atoms with E-state index in [0.717, 1.165) is 11.1 Å². The average Bonchev–Trinajstić information content (AvgIpc) is 3.38. The molecule has 0 radical (unpaired) electrons. The second kappa shape index (κ2) is 7.81. The van der Waals surface area contributed by atoms with Crippen LogP contribution in [0, 0.1) is 18.8 Å². The molecule has 0 aromatic heterocycles. The lowest BCUT2D eigenvalue weighted by Crippen LogP contribution is -2.53. The Balaban J connectivity index is 1.53. The van der Waals surface area contributed by atoms with E-state index in [1.807, 2.05) is 49.4 Å². The number of hydrogen-bond acceptors (Lipinski definition) is 5. The number of carbonyl (C=O) groups is 4. The second-order valence-corrected chi connectivity index (χ2v) is 9.01. The van der Waals surface area contributed by atoms with Gasteiger partial charge in [-0.15, -0.1) is 0 Å². The molecule has 0 unspecified atom stereocenters. The first-order chi connectivity index (χ1) is 15.8. The molecule has 170 valence electrons. The fourth-order valence-corrected chi connectivity index (χ4v) is 5.67. The maximum Gasteiger partial charge on any atom is 0.303 e. The van der Waals surface area contributed by atoms with Crippen molar-refractivity contribution in [1.29, 1.82) is 0 Å². The van der Waals surface area contributed by atoms with E-state index in [4.69, 9.17) is 0 Å². The number of amides is 3. The van der Waals surface area contributed by atoms with Gasteiger partial charge in [-0.05, 0) is 30.9 Å². The van der Waals surface area contributed by atoms with Crippen LogP contribution in [-0.2, 0) is 31.1 Å². The highest BCUT2D eigenvalue weighted by Gasteiger charge is 2.70. The summed E-state index contributed by atoms with van der Waals surface area (Å²) >= 11 is 0. The van der Waals surface area contributed by atoms with Crippen molar-refractivity contribution >= 4 is 29.4 Å². The van der Waals surface area contributed by atoms with E-state index in [1.165, 1.54) is 4.90 Å². The Bertz CT molecular complexity index is 1160. The highest BCUT2D eigenvalue weighted by Crippen LogP contribution is 2.54. The second-order valence-electron chi connectivity index (χ2n) is 9.01. The third-order valence-corrected chi connectivity index (χ3v) is 7.19. The maximum atomic E-state index is 13.7. The normalized spacial score (nSPS) is 27.7. The Labute approximate surface area is 191 Å². The number of likely N-dealkylation sites (tertiary alicyclic amines) is 1. The lowest BCUT2D eigenvalue weighted by Gasteiger charge is -2.29.